The van der Waals surface area contributed by atoms with Gasteiger partial charge in [-0.1, -0.05) is 17.7 Å². The van der Waals surface area contributed by atoms with E-state index < -0.39 is 0 Å². The summed E-state index contributed by atoms with van der Waals surface area (Å²) >= 11 is 7.08. The number of nitrogen functional groups attached to an aromatic ring is 1. The summed E-state index contributed by atoms with van der Waals surface area (Å²) in [5.74, 6) is -0.177. The molecular weight excluding hydrogens is 258 g/mol. The quantitative estimate of drug-likeness (QED) is 0.839. The molecule has 0 aliphatic rings. The molecule has 0 atom stereocenters. The second-order valence-electron chi connectivity index (χ2n) is 3.37. The fourth-order valence-corrected chi connectivity index (χ4v) is 2.20. The van der Waals surface area contributed by atoms with Gasteiger partial charge in [0.25, 0.3) is 5.91 Å². The van der Waals surface area contributed by atoms with Gasteiger partial charge in [-0.05, 0) is 18.2 Å². The zero-order chi connectivity index (χ0) is 12.3. The van der Waals surface area contributed by atoms with Gasteiger partial charge in [-0.15, -0.1) is 11.3 Å². The van der Waals surface area contributed by atoms with Crippen molar-refractivity contribution in [2.24, 2.45) is 0 Å². The maximum atomic E-state index is 11.8. The van der Waals surface area contributed by atoms with Gasteiger partial charge in [-0.2, -0.15) is 0 Å². The van der Waals surface area contributed by atoms with Crippen molar-refractivity contribution in [1.29, 1.82) is 0 Å². The molecule has 0 aliphatic carbocycles. The van der Waals surface area contributed by atoms with E-state index in [1.807, 2.05) is 0 Å². The van der Waals surface area contributed by atoms with E-state index in [9.17, 15) is 4.79 Å². The predicted octanol–water partition coefficient (Wildman–Crippen LogP) is 2.31. The Morgan fingerprint density at radius 1 is 1.53 bits per heavy atom. The molecule has 17 heavy (non-hydrogen) atoms. The first-order valence-electron chi connectivity index (χ1n) is 4.89. The molecular formula is C11H10ClN3OS. The fourth-order valence-electron chi connectivity index (χ4n) is 1.31. The number of anilines is 1. The first kappa shape index (κ1) is 11.9. The molecule has 4 nitrogen and oxygen atoms in total. The van der Waals surface area contributed by atoms with E-state index >= 15 is 0 Å². The van der Waals surface area contributed by atoms with Crippen LogP contribution in [0.5, 0.6) is 0 Å². The summed E-state index contributed by atoms with van der Waals surface area (Å²) in [6.07, 6.45) is 1.56. The van der Waals surface area contributed by atoms with Gasteiger partial charge in [0, 0.05) is 11.3 Å². The Morgan fingerprint density at radius 2 is 2.35 bits per heavy atom. The van der Waals surface area contributed by atoms with Gasteiger partial charge in [0.2, 0.25) is 0 Å². The van der Waals surface area contributed by atoms with Crippen LogP contribution in [-0.2, 0) is 6.54 Å². The lowest BCUT2D eigenvalue weighted by Gasteiger charge is -2.03. The van der Waals surface area contributed by atoms with Gasteiger partial charge >= 0.3 is 0 Å². The fraction of sp³-hybridized carbons (Fsp3) is 0.0909. The summed E-state index contributed by atoms with van der Waals surface area (Å²) in [5, 5.41) is 3.52. The minimum atomic E-state index is -0.177. The van der Waals surface area contributed by atoms with Crippen LogP contribution in [0.3, 0.4) is 0 Å². The average molecular weight is 268 g/mol. The first-order valence-corrected chi connectivity index (χ1v) is 6.08. The van der Waals surface area contributed by atoms with E-state index in [0.717, 1.165) is 5.01 Å². The molecule has 1 heterocycles. The second-order valence-corrected chi connectivity index (χ2v) is 5.11. The van der Waals surface area contributed by atoms with Crippen LogP contribution in [0.2, 0.25) is 4.34 Å². The molecule has 3 N–H and O–H groups in total. The van der Waals surface area contributed by atoms with Crippen molar-refractivity contribution >= 4 is 34.5 Å². The molecule has 2 rings (SSSR count). The molecule has 0 saturated heterocycles. The summed E-state index contributed by atoms with van der Waals surface area (Å²) in [7, 11) is 0. The number of nitrogens with zero attached hydrogens (tertiary/aromatic N) is 1. The minimum absolute atomic E-state index is 0.177. The highest BCUT2D eigenvalue weighted by atomic mass is 35.5. The molecule has 1 aromatic heterocycles. The van der Waals surface area contributed by atoms with Crippen LogP contribution in [-0.4, -0.2) is 10.9 Å². The van der Waals surface area contributed by atoms with Gasteiger partial charge in [-0.25, -0.2) is 4.98 Å². The Balaban J connectivity index is 1.98. The first-order chi connectivity index (χ1) is 8.15. The molecule has 0 unspecified atom stereocenters. The summed E-state index contributed by atoms with van der Waals surface area (Å²) < 4.78 is 0.609. The highest BCUT2D eigenvalue weighted by Crippen LogP contribution is 2.18. The number of amides is 1. The maximum Gasteiger partial charge on any atom is 0.251 e. The molecule has 0 spiro atoms. The molecule has 0 radical (unpaired) electrons. The summed E-state index contributed by atoms with van der Waals surface area (Å²) in [5.41, 5.74) is 6.70. The molecule has 6 heteroatoms. The number of nitrogens with two attached hydrogens (primary N) is 1. The lowest BCUT2D eigenvalue weighted by molar-refractivity contribution is 0.0951. The zero-order valence-corrected chi connectivity index (χ0v) is 10.4. The van der Waals surface area contributed by atoms with Crippen molar-refractivity contribution in [3.8, 4) is 0 Å². The Bertz CT molecular complexity index is 541. The molecule has 1 aromatic carbocycles. The monoisotopic (exact) mass is 267 g/mol. The Labute approximate surface area is 107 Å². The average Bonchev–Trinajstić information content (AvgIpc) is 2.72. The number of aromatic nitrogens is 1. The van der Waals surface area contributed by atoms with Crippen LogP contribution in [0.25, 0.3) is 0 Å². The summed E-state index contributed by atoms with van der Waals surface area (Å²) in [4.78, 5) is 15.8. The van der Waals surface area contributed by atoms with Crippen molar-refractivity contribution in [1.82, 2.24) is 10.3 Å². The van der Waals surface area contributed by atoms with Crippen molar-refractivity contribution < 1.29 is 4.79 Å². The lowest BCUT2D eigenvalue weighted by atomic mass is 10.2. The van der Waals surface area contributed by atoms with Gasteiger partial charge in [0.15, 0.2) is 0 Å². The normalized spacial score (nSPS) is 10.2. The zero-order valence-electron chi connectivity index (χ0n) is 8.81. The van der Waals surface area contributed by atoms with E-state index in [0.29, 0.717) is 22.1 Å². The van der Waals surface area contributed by atoms with E-state index in [4.69, 9.17) is 17.3 Å². The molecule has 1 amide bonds. The standard InChI is InChI=1S/C11H10ClN3OS/c12-9-5-14-10(17-9)6-15-11(16)7-2-1-3-8(13)4-7/h1-5H,6,13H2,(H,15,16). The summed E-state index contributed by atoms with van der Waals surface area (Å²) in [6.45, 7) is 0.366. The molecule has 0 aliphatic heterocycles. The number of benzene rings is 1. The van der Waals surface area contributed by atoms with Crippen LogP contribution < -0.4 is 11.1 Å². The highest BCUT2D eigenvalue weighted by Gasteiger charge is 2.06. The van der Waals surface area contributed by atoms with E-state index in [1.165, 1.54) is 11.3 Å². The smallest absolute Gasteiger partial charge is 0.251 e. The topological polar surface area (TPSA) is 68.0 Å². The Morgan fingerprint density at radius 3 is 3.00 bits per heavy atom. The van der Waals surface area contributed by atoms with E-state index in [2.05, 4.69) is 10.3 Å². The number of thiazole rings is 1. The van der Waals surface area contributed by atoms with E-state index in [-0.39, 0.29) is 5.91 Å². The van der Waals surface area contributed by atoms with Crippen LogP contribution >= 0.6 is 22.9 Å². The molecule has 0 saturated carbocycles. The number of nitrogens with one attached hydrogen (secondary N) is 1. The number of carbonyl (C=O) groups excluding carboxylic acids is 1. The number of carbonyl (C=O) groups is 1. The van der Waals surface area contributed by atoms with Gasteiger partial charge in [-0.3, -0.25) is 4.79 Å². The van der Waals surface area contributed by atoms with E-state index in [1.54, 1.807) is 30.5 Å². The van der Waals surface area contributed by atoms with Crippen LogP contribution in [0.1, 0.15) is 15.4 Å². The third-order valence-corrected chi connectivity index (χ3v) is 3.19. The van der Waals surface area contributed by atoms with Crippen LogP contribution in [0.15, 0.2) is 30.5 Å². The second kappa shape index (κ2) is 5.16. The third-order valence-electron chi connectivity index (χ3n) is 2.07. The SMILES string of the molecule is Nc1cccc(C(=O)NCc2ncc(Cl)s2)c1. The largest absolute Gasteiger partial charge is 0.399 e. The molecule has 0 fully saturated rings. The van der Waals surface area contributed by atoms with Crippen LogP contribution in [0.4, 0.5) is 5.69 Å². The van der Waals surface area contributed by atoms with Crippen molar-refractivity contribution in [3.63, 3.8) is 0 Å². The maximum absolute atomic E-state index is 11.8. The van der Waals surface area contributed by atoms with Crippen molar-refractivity contribution in [3.05, 3.63) is 45.4 Å². The van der Waals surface area contributed by atoms with Gasteiger partial charge in [0.05, 0.1) is 12.7 Å². The Kier molecular flexibility index (Phi) is 3.61. The molecule has 2 aromatic rings. The Hall–Kier alpha value is -1.59. The lowest BCUT2D eigenvalue weighted by Crippen LogP contribution is -2.22. The number of rotatable bonds is 3. The number of hydrogen-bond donors (Lipinski definition) is 2. The minimum Gasteiger partial charge on any atom is -0.399 e. The predicted molar refractivity (Wildman–Crippen MR) is 69.1 cm³/mol. The van der Waals surface area contributed by atoms with Crippen molar-refractivity contribution in [2.75, 3.05) is 5.73 Å². The van der Waals surface area contributed by atoms with Crippen molar-refractivity contribution in [2.45, 2.75) is 6.54 Å². The number of halogens is 1. The molecule has 88 valence electrons. The van der Waals surface area contributed by atoms with Gasteiger partial charge in [0.1, 0.15) is 9.34 Å². The third kappa shape index (κ3) is 3.18. The molecule has 0 bridgehead atoms. The van der Waals surface area contributed by atoms with Gasteiger partial charge < -0.3 is 11.1 Å². The number of hydrogen-bond acceptors (Lipinski definition) is 4. The van der Waals surface area contributed by atoms with Crippen LogP contribution in [0, 0.1) is 0 Å². The highest BCUT2D eigenvalue weighted by molar-refractivity contribution is 7.15. The summed E-state index contributed by atoms with van der Waals surface area (Å²) in [6, 6.07) is 6.81.